The average Bonchev–Trinajstić information content (AvgIpc) is 1.68. The summed E-state index contributed by atoms with van der Waals surface area (Å²) in [7, 11) is 0. The molecular formula is C3H7BrN2S. The van der Waals surface area contributed by atoms with Crippen LogP contribution in [-0.2, 0) is 0 Å². The molecule has 0 spiro atoms. The lowest BCUT2D eigenvalue weighted by atomic mass is 10.5. The normalized spacial score (nSPS) is 11.6. The minimum Gasteiger partial charge on any atom is -0.255 e. The molecule has 0 radical (unpaired) electrons. The van der Waals surface area contributed by atoms with Crippen molar-refractivity contribution >= 4 is 34.5 Å². The third-order valence-electron chi connectivity index (χ3n) is 0.434. The van der Waals surface area contributed by atoms with Crippen molar-refractivity contribution in [2.75, 3.05) is 5.33 Å². The molecule has 0 aliphatic rings. The molecule has 0 heterocycles. The van der Waals surface area contributed by atoms with Gasteiger partial charge in [-0.15, -0.1) is 0 Å². The number of nitrogens with zero attached hydrogens (tertiary/aromatic N) is 1. The van der Waals surface area contributed by atoms with Gasteiger partial charge in [-0.05, 0) is 6.92 Å². The smallest absolute Gasteiger partial charge is 0.0462 e. The van der Waals surface area contributed by atoms with E-state index in [1.165, 1.54) is 0 Å². The number of halogens is 1. The van der Waals surface area contributed by atoms with Crippen molar-refractivity contribution in [2.24, 2.45) is 5.10 Å². The lowest BCUT2D eigenvalue weighted by molar-refractivity contribution is 1.12. The van der Waals surface area contributed by atoms with Crippen LogP contribution >= 0.6 is 28.7 Å². The zero-order valence-electron chi connectivity index (χ0n) is 3.98. The van der Waals surface area contributed by atoms with Gasteiger partial charge in [0.05, 0.1) is 0 Å². The van der Waals surface area contributed by atoms with Gasteiger partial charge in [-0.25, -0.2) is 0 Å². The molecule has 0 aromatic carbocycles. The van der Waals surface area contributed by atoms with E-state index in [1.807, 2.05) is 6.92 Å². The molecule has 0 aromatic heterocycles. The molecule has 0 aromatic rings. The van der Waals surface area contributed by atoms with Gasteiger partial charge in [0, 0.05) is 11.0 Å². The Bertz CT molecular complexity index is 73.3. The van der Waals surface area contributed by atoms with Crippen molar-refractivity contribution in [3.05, 3.63) is 0 Å². The highest BCUT2D eigenvalue weighted by molar-refractivity contribution is 9.09. The molecule has 0 aliphatic heterocycles. The molecule has 4 heteroatoms. The molecule has 0 atom stereocenters. The van der Waals surface area contributed by atoms with Crippen molar-refractivity contribution in [1.82, 2.24) is 4.83 Å². The zero-order valence-corrected chi connectivity index (χ0v) is 6.46. The SMILES string of the molecule is C/C(CBr)=N/NS. The topological polar surface area (TPSA) is 24.4 Å². The molecular weight excluding hydrogens is 176 g/mol. The minimum absolute atomic E-state index is 0.792. The predicted octanol–water partition coefficient (Wildman–Crippen LogP) is 1.19. The maximum absolute atomic E-state index is 3.73. The molecule has 0 saturated carbocycles. The number of alkyl halides is 1. The Morgan fingerprint density at radius 3 is 2.71 bits per heavy atom. The Labute approximate surface area is 57.0 Å². The second-order valence-corrected chi connectivity index (χ2v) is 1.84. The molecule has 2 nitrogen and oxygen atoms in total. The Balaban J connectivity index is 3.29. The second-order valence-electron chi connectivity index (χ2n) is 1.08. The first-order chi connectivity index (χ1) is 3.31. The van der Waals surface area contributed by atoms with Crippen LogP contribution in [0.25, 0.3) is 0 Å². The number of rotatable bonds is 2. The van der Waals surface area contributed by atoms with Crippen LogP contribution in [0.3, 0.4) is 0 Å². The molecule has 42 valence electrons. The van der Waals surface area contributed by atoms with Crippen molar-refractivity contribution in [2.45, 2.75) is 6.92 Å². The van der Waals surface area contributed by atoms with E-state index in [4.69, 9.17) is 0 Å². The summed E-state index contributed by atoms with van der Waals surface area (Å²) in [6.07, 6.45) is 0. The molecule has 0 unspecified atom stereocenters. The van der Waals surface area contributed by atoms with Gasteiger partial charge in [-0.1, -0.05) is 28.7 Å². The lowest BCUT2D eigenvalue weighted by Gasteiger charge is -1.88. The van der Waals surface area contributed by atoms with E-state index in [0.717, 1.165) is 11.0 Å². The second kappa shape index (κ2) is 4.46. The van der Waals surface area contributed by atoms with Gasteiger partial charge in [0.25, 0.3) is 0 Å². The Kier molecular flexibility index (Phi) is 4.65. The molecule has 0 amide bonds. The van der Waals surface area contributed by atoms with E-state index in [-0.39, 0.29) is 0 Å². The van der Waals surface area contributed by atoms with Crippen molar-refractivity contribution in [1.29, 1.82) is 0 Å². The summed E-state index contributed by atoms with van der Waals surface area (Å²) in [4.78, 5) is 2.37. The summed E-state index contributed by atoms with van der Waals surface area (Å²) in [6.45, 7) is 1.90. The van der Waals surface area contributed by atoms with Crippen molar-refractivity contribution in [3.63, 3.8) is 0 Å². The van der Waals surface area contributed by atoms with Crippen LogP contribution in [0.4, 0.5) is 0 Å². The number of hydrogen-bond acceptors (Lipinski definition) is 3. The number of hydrogen-bond donors (Lipinski definition) is 2. The molecule has 0 aliphatic carbocycles. The minimum atomic E-state index is 0.792. The first-order valence-corrected chi connectivity index (χ1v) is 3.36. The molecule has 0 rings (SSSR count). The summed E-state index contributed by atoms with van der Waals surface area (Å²) < 4.78 is 0. The standard InChI is InChI=1S/C3H7BrN2S/c1-3(2-4)5-6-7/h6-7H,2H2,1H3/b5-3-. The third-order valence-corrected chi connectivity index (χ3v) is 1.35. The fourth-order valence-corrected chi connectivity index (χ4v) is 0.411. The molecule has 0 fully saturated rings. The highest BCUT2D eigenvalue weighted by Gasteiger charge is 1.80. The van der Waals surface area contributed by atoms with Gasteiger partial charge in [-0.3, -0.25) is 4.83 Å². The summed E-state index contributed by atoms with van der Waals surface area (Å²) >= 11 is 6.87. The lowest BCUT2D eigenvalue weighted by Crippen LogP contribution is -1.96. The quantitative estimate of drug-likeness (QED) is 0.286. The Morgan fingerprint density at radius 1 is 2.00 bits per heavy atom. The van der Waals surface area contributed by atoms with Gasteiger partial charge in [0.1, 0.15) is 0 Å². The van der Waals surface area contributed by atoms with Crippen LogP contribution in [0.2, 0.25) is 0 Å². The fourth-order valence-electron chi connectivity index (χ4n) is 0.115. The summed E-state index contributed by atoms with van der Waals surface area (Å²) in [5.41, 5.74) is 0.981. The van der Waals surface area contributed by atoms with Gasteiger partial charge >= 0.3 is 0 Å². The van der Waals surface area contributed by atoms with Crippen molar-refractivity contribution < 1.29 is 0 Å². The first kappa shape index (κ1) is 7.30. The van der Waals surface area contributed by atoms with Gasteiger partial charge in [0.2, 0.25) is 0 Å². The van der Waals surface area contributed by atoms with Crippen LogP contribution in [0, 0.1) is 0 Å². The van der Waals surface area contributed by atoms with Gasteiger partial charge < -0.3 is 0 Å². The van der Waals surface area contributed by atoms with Gasteiger partial charge in [0.15, 0.2) is 0 Å². The summed E-state index contributed by atoms with van der Waals surface area (Å²) in [5, 5.41) is 4.52. The van der Waals surface area contributed by atoms with Crippen LogP contribution < -0.4 is 4.83 Å². The van der Waals surface area contributed by atoms with E-state index in [0.29, 0.717) is 0 Å². The third kappa shape index (κ3) is 4.15. The maximum atomic E-state index is 3.73. The number of hydrazone groups is 1. The first-order valence-electron chi connectivity index (χ1n) is 1.79. The number of thiol groups is 1. The van der Waals surface area contributed by atoms with Crippen LogP contribution in [-0.4, -0.2) is 11.0 Å². The molecule has 7 heavy (non-hydrogen) atoms. The highest BCUT2D eigenvalue weighted by Crippen LogP contribution is 1.82. The average molecular weight is 183 g/mol. The fraction of sp³-hybridized carbons (Fsp3) is 0.667. The van der Waals surface area contributed by atoms with Crippen LogP contribution in [0.1, 0.15) is 6.92 Å². The molecule has 0 saturated heterocycles. The summed E-state index contributed by atoms with van der Waals surface area (Å²) in [6, 6.07) is 0. The Morgan fingerprint density at radius 2 is 2.57 bits per heavy atom. The molecule has 1 N–H and O–H groups in total. The van der Waals surface area contributed by atoms with E-state index in [9.17, 15) is 0 Å². The largest absolute Gasteiger partial charge is 0.255 e. The Hall–Kier alpha value is 0.300. The zero-order chi connectivity index (χ0) is 5.70. The van der Waals surface area contributed by atoms with E-state index in [2.05, 4.69) is 38.7 Å². The van der Waals surface area contributed by atoms with E-state index in [1.54, 1.807) is 0 Å². The number of nitrogens with one attached hydrogen (secondary N) is 1. The van der Waals surface area contributed by atoms with E-state index >= 15 is 0 Å². The highest BCUT2D eigenvalue weighted by atomic mass is 79.9. The van der Waals surface area contributed by atoms with Crippen molar-refractivity contribution in [3.8, 4) is 0 Å². The monoisotopic (exact) mass is 182 g/mol. The maximum Gasteiger partial charge on any atom is 0.0462 e. The predicted molar refractivity (Wildman–Crippen MR) is 39.0 cm³/mol. The van der Waals surface area contributed by atoms with Gasteiger partial charge in [-0.2, -0.15) is 5.10 Å². The molecule has 0 bridgehead atoms. The van der Waals surface area contributed by atoms with Crippen LogP contribution in [0.5, 0.6) is 0 Å². The summed E-state index contributed by atoms with van der Waals surface area (Å²) in [5.74, 6) is 0. The van der Waals surface area contributed by atoms with E-state index < -0.39 is 0 Å². The van der Waals surface area contributed by atoms with Crippen LogP contribution in [0.15, 0.2) is 5.10 Å².